The number of phenols is 1. The van der Waals surface area contributed by atoms with E-state index < -0.39 is 0 Å². The monoisotopic (exact) mass is 398 g/mol. The molecule has 29 heavy (non-hydrogen) atoms. The summed E-state index contributed by atoms with van der Waals surface area (Å²) in [6, 6.07) is 12.9. The summed E-state index contributed by atoms with van der Waals surface area (Å²) < 4.78 is 11.2. The Morgan fingerprint density at radius 2 is 1.90 bits per heavy atom. The zero-order chi connectivity index (χ0) is 20.5. The van der Waals surface area contributed by atoms with E-state index in [0.717, 1.165) is 29.7 Å². The van der Waals surface area contributed by atoms with E-state index >= 15 is 0 Å². The summed E-state index contributed by atoms with van der Waals surface area (Å²) >= 11 is 0. The summed E-state index contributed by atoms with van der Waals surface area (Å²) in [5.74, 6) is 1.41. The van der Waals surface area contributed by atoms with E-state index in [-0.39, 0.29) is 11.8 Å². The van der Waals surface area contributed by atoms with Crippen LogP contribution in [0.3, 0.4) is 0 Å². The first-order chi connectivity index (χ1) is 14.1. The van der Waals surface area contributed by atoms with Crippen molar-refractivity contribution >= 4 is 6.03 Å². The van der Waals surface area contributed by atoms with Crippen LogP contribution in [0.5, 0.6) is 17.2 Å². The van der Waals surface area contributed by atoms with Crippen molar-refractivity contribution in [2.75, 3.05) is 13.7 Å². The third-order valence-corrected chi connectivity index (χ3v) is 5.15. The molecule has 0 aliphatic heterocycles. The van der Waals surface area contributed by atoms with Crippen molar-refractivity contribution in [1.29, 1.82) is 0 Å². The Balaban J connectivity index is 1.40. The third-order valence-electron chi connectivity index (χ3n) is 5.15. The zero-order valence-corrected chi connectivity index (χ0v) is 16.9. The fraction of sp³-hybridized carbons (Fsp3) is 0.435. The first-order valence-corrected chi connectivity index (χ1v) is 10.3. The Hall–Kier alpha value is -2.89. The molecule has 6 heteroatoms. The van der Waals surface area contributed by atoms with Crippen molar-refractivity contribution in [2.24, 2.45) is 0 Å². The molecule has 0 aromatic heterocycles. The number of carbonyl (C=O) groups is 1. The van der Waals surface area contributed by atoms with Gasteiger partial charge in [-0.1, -0.05) is 24.6 Å². The van der Waals surface area contributed by atoms with Gasteiger partial charge in [0.05, 0.1) is 13.2 Å². The van der Waals surface area contributed by atoms with Crippen molar-refractivity contribution in [1.82, 2.24) is 10.6 Å². The van der Waals surface area contributed by atoms with Gasteiger partial charge in [-0.05, 0) is 67.5 Å². The average molecular weight is 399 g/mol. The van der Waals surface area contributed by atoms with Gasteiger partial charge >= 0.3 is 6.03 Å². The SMILES string of the molecule is COc1cc(CCNC(=O)NCc2cccc(OC3CCCCC3)c2)ccc1O. The Morgan fingerprint density at radius 3 is 2.69 bits per heavy atom. The number of carbonyl (C=O) groups excluding carboxylic acids is 1. The summed E-state index contributed by atoms with van der Waals surface area (Å²) in [5, 5.41) is 15.4. The smallest absolute Gasteiger partial charge is 0.315 e. The van der Waals surface area contributed by atoms with Gasteiger partial charge in [-0.3, -0.25) is 0 Å². The molecule has 156 valence electrons. The summed E-state index contributed by atoms with van der Waals surface area (Å²) in [5.41, 5.74) is 1.99. The zero-order valence-electron chi connectivity index (χ0n) is 16.9. The van der Waals surface area contributed by atoms with Crippen LogP contribution in [-0.2, 0) is 13.0 Å². The van der Waals surface area contributed by atoms with Gasteiger partial charge in [0.15, 0.2) is 11.5 Å². The molecule has 0 unspecified atom stereocenters. The predicted molar refractivity (Wildman–Crippen MR) is 113 cm³/mol. The molecule has 2 aromatic carbocycles. The van der Waals surface area contributed by atoms with Gasteiger partial charge in [0.2, 0.25) is 0 Å². The summed E-state index contributed by atoms with van der Waals surface area (Å²) in [7, 11) is 1.51. The Morgan fingerprint density at radius 1 is 1.07 bits per heavy atom. The highest BCUT2D eigenvalue weighted by molar-refractivity contribution is 5.73. The van der Waals surface area contributed by atoms with Crippen molar-refractivity contribution < 1.29 is 19.4 Å². The fourth-order valence-electron chi connectivity index (χ4n) is 3.55. The Kier molecular flexibility index (Phi) is 7.61. The van der Waals surface area contributed by atoms with Gasteiger partial charge in [0.1, 0.15) is 5.75 Å². The lowest BCUT2D eigenvalue weighted by Gasteiger charge is -2.23. The molecule has 0 saturated heterocycles. The first-order valence-electron chi connectivity index (χ1n) is 10.3. The van der Waals surface area contributed by atoms with Crippen LogP contribution in [0.4, 0.5) is 4.79 Å². The molecule has 2 amide bonds. The first kappa shape index (κ1) is 20.8. The van der Waals surface area contributed by atoms with Crippen molar-refractivity contribution in [3.63, 3.8) is 0 Å². The number of hydrogen-bond donors (Lipinski definition) is 3. The highest BCUT2D eigenvalue weighted by Crippen LogP contribution is 2.26. The number of benzene rings is 2. The minimum absolute atomic E-state index is 0.108. The molecule has 0 radical (unpaired) electrons. The van der Waals surface area contributed by atoms with Crippen LogP contribution in [0.15, 0.2) is 42.5 Å². The second-order valence-electron chi connectivity index (χ2n) is 7.39. The van der Waals surface area contributed by atoms with E-state index in [1.807, 2.05) is 30.3 Å². The summed E-state index contributed by atoms with van der Waals surface area (Å²) in [6.45, 7) is 0.936. The number of urea groups is 1. The van der Waals surface area contributed by atoms with Crippen molar-refractivity contribution in [3.8, 4) is 17.2 Å². The van der Waals surface area contributed by atoms with Crippen molar-refractivity contribution in [2.45, 2.75) is 51.2 Å². The predicted octanol–water partition coefficient (Wildman–Crippen LogP) is 4.15. The highest BCUT2D eigenvalue weighted by atomic mass is 16.5. The van der Waals surface area contributed by atoms with Crippen LogP contribution in [0.25, 0.3) is 0 Å². The minimum Gasteiger partial charge on any atom is -0.504 e. The van der Waals surface area contributed by atoms with E-state index in [1.54, 1.807) is 12.1 Å². The van der Waals surface area contributed by atoms with Crippen molar-refractivity contribution in [3.05, 3.63) is 53.6 Å². The molecule has 2 aromatic rings. The summed E-state index contributed by atoms with van der Waals surface area (Å²) in [4.78, 5) is 12.1. The Bertz CT molecular complexity index is 803. The topological polar surface area (TPSA) is 79.8 Å². The van der Waals surface area contributed by atoms with Gasteiger partial charge in [-0.15, -0.1) is 0 Å². The van der Waals surface area contributed by atoms with E-state index in [9.17, 15) is 9.90 Å². The van der Waals surface area contributed by atoms with Gasteiger partial charge in [0.25, 0.3) is 0 Å². The lowest BCUT2D eigenvalue weighted by atomic mass is 9.98. The standard InChI is InChI=1S/C23H30N2O4/c1-28-22-15-17(10-11-21(22)26)12-13-24-23(27)25-16-18-6-5-9-20(14-18)29-19-7-3-2-4-8-19/h5-6,9-11,14-15,19,26H,2-4,7-8,12-13,16H2,1H3,(H2,24,25,27). The van der Waals surface area contributed by atoms with E-state index in [1.165, 1.54) is 26.4 Å². The molecule has 1 saturated carbocycles. The molecular weight excluding hydrogens is 368 g/mol. The highest BCUT2D eigenvalue weighted by Gasteiger charge is 2.14. The van der Waals surface area contributed by atoms with Crippen LogP contribution < -0.4 is 20.1 Å². The van der Waals surface area contributed by atoms with E-state index in [0.29, 0.717) is 31.4 Å². The number of hydrogen-bond acceptors (Lipinski definition) is 4. The molecule has 1 aliphatic carbocycles. The van der Waals surface area contributed by atoms with Crippen LogP contribution in [-0.4, -0.2) is 30.9 Å². The molecule has 0 atom stereocenters. The average Bonchev–Trinajstić information content (AvgIpc) is 2.74. The molecule has 3 N–H and O–H groups in total. The third kappa shape index (κ3) is 6.59. The lowest BCUT2D eigenvalue weighted by Crippen LogP contribution is -2.36. The minimum atomic E-state index is -0.214. The molecule has 6 nitrogen and oxygen atoms in total. The van der Waals surface area contributed by atoms with Gasteiger partial charge < -0.3 is 25.2 Å². The number of ether oxygens (including phenoxy) is 2. The maximum Gasteiger partial charge on any atom is 0.315 e. The second kappa shape index (κ2) is 10.6. The number of amides is 2. The second-order valence-corrected chi connectivity index (χ2v) is 7.39. The number of phenolic OH excluding ortho intramolecular Hbond substituents is 1. The number of methoxy groups -OCH3 is 1. The van der Waals surface area contributed by atoms with Crippen LogP contribution in [0, 0.1) is 0 Å². The van der Waals surface area contributed by atoms with Crippen LogP contribution >= 0.6 is 0 Å². The molecule has 0 bridgehead atoms. The van der Waals surface area contributed by atoms with Crippen LogP contribution in [0.1, 0.15) is 43.2 Å². The van der Waals surface area contributed by atoms with E-state index in [2.05, 4.69) is 10.6 Å². The van der Waals surface area contributed by atoms with Gasteiger partial charge in [0, 0.05) is 13.1 Å². The van der Waals surface area contributed by atoms with Crippen LogP contribution in [0.2, 0.25) is 0 Å². The molecule has 0 heterocycles. The molecule has 3 rings (SSSR count). The lowest BCUT2D eigenvalue weighted by molar-refractivity contribution is 0.155. The molecule has 1 fully saturated rings. The molecule has 1 aliphatic rings. The number of rotatable bonds is 8. The fourth-order valence-corrected chi connectivity index (χ4v) is 3.55. The number of nitrogens with one attached hydrogen (secondary N) is 2. The molecule has 0 spiro atoms. The molecular formula is C23H30N2O4. The van der Waals surface area contributed by atoms with Gasteiger partial charge in [-0.25, -0.2) is 4.79 Å². The summed E-state index contributed by atoms with van der Waals surface area (Å²) in [6.07, 6.45) is 6.99. The number of aromatic hydroxyl groups is 1. The maximum absolute atomic E-state index is 12.1. The van der Waals surface area contributed by atoms with Gasteiger partial charge in [-0.2, -0.15) is 0 Å². The maximum atomic E-state index is 12.1. The Labute approximate surface area is 172 Å². The van der Waals surface area contributed by atoms with E-state index in [4.69, 9.17) is 9.47 Å². The normalized spacial score (nSPS) is 14.2. The quantitative estimate of drug-likeness (QED) is 0.624. The largest absolute Gasteiger partial charge is 0.504 e.